The van der Waals surface area contributed by atoms with Crippen LogP contribution in [0, 0.1) is 0 Å². The van der Waals surface area contributed by atoms with Crippen LogP contribution in [-0.4, -0.2) is 32.4 Å². The highest BCUT2D eigenvalue weighted by atomic mass is 35.5. The van der Waals surface area contributed by atoms with Crippen LogP contribution in [0.4, 0.5) is 5.95 Å². The van der Waals surface area contributed by atoms with Crippen molar-refractivity contribution in [1.29, 1.82) is 0 Å². The van der Waals surface area contributed by atoms with E-state index in [9.17, 15) is 0 Å². The predicted molar refractivity (Wildman–Crippen MR) is 60.3 cm³/mol. The Bertz CT molecular complexity index is 572. The van der Waals surface area contributed by atoms with Crippen LogP contribution in [0.25, 0.3) is 11.2 Å². The van der Waals surface area contributed by atoms with Crippen molar-refractivity contribution < 1.29 is 9.47 Å². The summed E-state index contributed by atoms with van der Waals surface area (Å²) in [5, 5.41) is 0.234. The molecular weight excluding hydrogens is 246 g/mol. The van der Waals surface area contributed by atoms with Crippen LogP contribution < -0.4 is 5.73 Å². The molecule has 8 heteroatoms. The molecule has 0 radical (unpaired) electrons. The van der Waals surface area contributed by atoms with Gasteiger partial charge < -0.3 is 15.2 Å². The molecular formula is C9H10ClN5O2. The first-order valence-electron chi connectivity index (χ1n) is 5.08. The van der Waals surface area contributed by atoms with E-state index < -0.39 is 0 Å². The summed E-state index contributed by atoms with van der Waals surface area (Å²) in [5.41, 5.74) is 6.61. The van der Waals surface area contributed by atoms with Crippen LogP contribution >= 0.6 is 11.6 Å². The van der Waals surface area contributed by atoms with Crippen LogP contribution in [0.15, 0.2) is 6.33 Å². The first kappa shape index (κ1) is 10.7. The Morgan fingerprint density at radius 1 is 1.53 bits per heavy atom. The third-order valence-electron chi connectivity index (χ3n) is 2.53. The molecule has 1 saturated heterocycles. The van der Waals surface area contributed by atoms with Gasteiger partial charge in [-0.15, -0.1) is 0 Å². The second-order valence-electron chi connectivity index (χ2n) is 3.69. The van der Waals surface area contributed by atoms with Crippen molar-refractivity contribution in [3.63, 3.8) is 0 Å². The molecule has 17 heavy (non-hydrogen) atoms. The smallest absolute Gasteiger partial charge is 0.223 e. The van der Waals surface area contributed by atoms with Gasteiger partial charge in [0.1, 0.15) is 5.52 Å². The van der Waals surface area contributed by atoms with E-state index in [4.69, 9.17) is 26.8 Å². The number of rotatable bonds is 1. The number of anilines is 1. The largest absolute Gasteiger partial charge is 0.368 e. The van der Waals surface area contributed by atoms with Gasteiger partial charge in [-0.25, -0.2) is 4.98 Å². The number of nitrogens with two attached hydrogens (primary N) is 1. The van der Waals surface area contributed by atoms with Gasteiger partial charge in [0.15, 0.2) is 23.3 Å². The maximum absolute atomic E-state index is 5.93. The van der Waals surface area contributed by atoms with Crippen molar-refractivity contribution in [1.82, 2.24) is 19.5 Å². The second-order valence-corrected chi connectivity index (χ2v) is 4.05. The molecule has 0 aliphatic carbocycles. The zero-order valence-electron chi connectivity index (χ0n) is 9.00. The minimum Gasteiger partial charge on any atom is -0.368 e. The molecule has 7 nitrogen and oxygen atoms in total. The van der Waals surface area contributed by atoms with Crippen molar-refractivity contribution >= 4 is 28.7 Å². The first-order chi connectivity index (χ1) is 8.15. The number of halogens is 1. The molecule has 2 aromatic heterocycles. The number of ether oxygens (including phenoxy) is 2. The van der Waals surface area contributed by atoms with Gasteiger partial charge in [0, 0.05) is 0 Å². The minimum atomic E-state index is -0.264. The monoisotopic (exact) mass is 255 g/mol. The third kappa shape index (κ3) is 1.72. The van der Waals surface area contributed by atoms with Crippen molar-refractivity contribution in [3.8, 4) is 0 Å². The van der Waals surface area contributed by atoms with Gasteiger partial charge in [-0.3, -0.25) is 4.57 Å². The number of nitrogen functional groups attached to an aromatic ring is 1. The summed E-state index contributed by atoms with van der Waals surface area (Å²) in [7, 11) is 0. The van der Waals surface area contributed by atoms with E-state index in [1.807, 2.05) is 6.92 Å². The SMILES string of the molecule is C[C@@H]1OC[C@@H](n2cnc3c(Cl)nc(N)nc32)O1. The fourth-order valence-electron chi connectivity index (χ4n) is 1.77. The molecule has 1 aliphatic rings. The van der Waals surface area contributed by atoms with E-state index in [1.54, 1.807) is 10.9 Å². The fourth-order valence-corrected chi connectivity index (χ4v) is 1.99. The minimum absolute atomic E-state index is 0.108. The van der Waals surface area contributed by atoms with E-state index in [-0.39, 0.29) is 23.6 Å². The number of hydrogen-bond acceptors (Lipinski definition) is 6. The highest BCUT2D eigenvalue weighted by Gasteiger charge is 2.26. The van der Waals surface area contributed by atoms with Crippen LogP contribution in [0.1, 0.15) is 13.2 Å². The maximum atomic E-state index is 5.93. The predicted octanol–water partition coefficient (Wildman–Crippen LogP) is 0.953. The Kier molecular flexibility index (Phi) is 2.39. The zero-order valence-corrected chi connectivity index (χ0v) is 9.76. The maximum Gasteiger partial charge on any atom is 0.223 e. The Morgan fingerprint density at radius 3 is 3.06 bits per heavy atom. The van der Waals surface area contributed by atoms with Crippen molar-refractivity contribution in [2.24, 2.45) is 0 Å². The molecule has 1 aliphatic heterocycles. The summed E-state index contributed by atoms with van der Waals surface area (Å²) in [6.07, 6.45) is 1.09. The Balaban J connectivity index is 2.11. The second kappa shape index (κ2) is 3.80. The first-order valence-corrected chi connectivity index (χ1v) is 5.45. The molecule has 0 saturated carbocycles. The van der Waals surface area contributed by atoms with Crippen LogP contribution in [-0.2, 0) is 9.47 Å². The molecule has 3 rings (SSSR count). The number of nitrogens with zero attached hydrogens (tertiary/aromatic N) is 4. The molecule has 0 amide bonds. The molecule has 2 N–H and O–H groups in total. The number of fused-ring (bicyclic) bond motifs is 1. The van der Waals surface area contributed by atoms with Gasteiger partial charge in [-0.05, 0) is 6.92 Å². The number of imidazole rings is 1. The fraction of sp³-hybridized carbons (Fsp3) is 0.444. The topological polar surface area (TPSA) is 88.1 Å². The molecule has 0 bridgehead atoms. The molecule has 0 unspecified atom stereocenters. The Morgan fingerprint density at radius 2 is 2.35 bits per heavy atom. The van der Waals surface area contributed by atoms with Crippen LogP contribution in [0.5, 0.6) is 0 Å². The summed E-state index contributed by atoms with van der Waals surface area (Å²) >= 11 is 5.93. The lowest BCUT2D eigenvalue weighted by Crippen LogP contribution is -2.11. The van der Waals surface area contributed by atoms with Crippen molar-refractivity contribution in [3.05, 3.63) is 11.5 Å². The van der Waals surface area contributed by atoms with E-state index >= 15 is 0 Å². The lowest BCUT2D eigenvalue weighted by atomic mass is 10.5. The van der Waals surface area contributed by atoms with Crippen molar-refractivity contribution in [2.75, 3.05) is 12.3 Å². The molecule has 90 valence electrons. The lowest BCUT2D eigenvalue weighted by molar-refractivity contribution is -0.0561. The van der Waals surface area contributed by atoms with E-state index in [1.165, 1.54) is 0 Å². The van der Waals surface area contributed by atoms with Crippen LogP contribution in [0.2, 0.25) is 5.15 Å². The average molecular weight is 256 g/mol. The Labute approximate surface area is 102 Å². The van der Waals surface area contributed by atoms with Gasteiger partial charge in [0.25, 0.3) is 0 Å². The van der Waals surface area contributed by atoms with Gasteiger partial charge in [0.05, 0.1) is 12.9 Å². The summed E-state index contributed by atoms with van der Waals surface area (Å²) in [5.74, 6) is 0.108. The molecule has 0 spiro atoms. The van der Waals surface area contributed by atoms with Gasteiger partial charge in [0.2, 0.25) is 5.95 Å². The standard InChI is InChI=1S/C9H10ClN5O2/c1-4-16-2-5(17-4)15-3-12-6-7(10)13-9(11)14-8(6)15/h3-5H,2H2,1H3,(H2,11,13,14)/t4-,5+/m1/s1. The molecule has 2 aromatic rings. The molecule has 0 aromatic carbocycles. The summed E-state index contributed by atoms with van der Waals surface area (Å²) in [4.78, 5) is 12.1. The van der Waals surface area contributed by atoms with E-state index in [0.717, 1.165) is 0 Å². The van der Waals surface area contributed by atoms with E-state index in [0.29, 0.717) is 17.8 Å². The average Bonchev–Trinajstić information content (AvgIpc) is 2.83. The zero-order chi connectivity index (χ0) is 12.0. The van der Waals surface area contributed by atoms with E-state index in [2.05, 4.69) is 15.0 Å². The molecule has 3 heterocycles. The summed E-state index contributed by atoms with van der Waals surface area (Å²) in [6, 6.07) is 0. The molecule has 1 fully saturated rings. The normalized spacial score (nSPS) is 24.6. The Hall–Kier alpha value is -1.44. The lowest BCUT2D eigenvalue weighted by Gasteiger charge is -2.10. The quantitative estimate of drug-likeness (QED) is 0.764. The number of hydrogen-bond donors (Lipinski definition) is 1. The summed E-state index contributed by atoms with van der Waals surface area (Å²) in [6.45, 7) is 2.27. The number of aromatic nitrogens is 4. The summed E-state index contributed by atoms with van der Waals surface area (Å²) < 4.78 is 12.6. The van der Waals surface area contributed by atoms with Gasteiger partial charge in [-0.1, -0.05) is 11.6 Å². The highest BCUT2D eigenvalue weighted by Crippen LogP contribution is 2.26. The van der Waals surface area contributed by atoms with Gasteiger partial charge >= 0.3 is 0 Å². The van der Waals surface area contributed by atoms with Gasteiger partial charge in [-0.2, -0.15) is 9.97 Å². The molecule has 2 atom stereocenters. The highest BCUT2D eigenvalue weighted by molar-refractivity contribution is 6.33. The third-order valence-corrected chi connectivity index (χ3v) is 2.79. The van der Waals surface area contributed by atoms with Crippen molar-refractivity contribution in [2.45, 2.75) is 19.4 Å². The van der Waals surface area contributed by atoms with Crippen LogP contribution in [0.3, 0.4) is 0 Å².